The fourth-order valence-electron chi connectivity index (χ4n) is 3.39. The number of nitrogens with zero attached hydrogens (tertiary/aromatic N) is 3. The van der Waals surface area contributed by atoms with E-state index >= 15 is 0 Å². The van der Waals surface area contributed by atoms with Crippen LogP contribution in [0.5, 0.6) is 0 Å². The third-order valence-corrected chi connectivity index (χ3v) is 4.67. The molecule has 0 amide bonds. The summed E-state index contributed by atoms with van der Waals surface area (Å²) in [5.74, 6) is 0. The molecule has 0 aliphatic carbocycles. The summed E-state index contributed by atoms with van der Waals surface area (Å²) in [7, 11) is 2.14. The van der Waals surface area contributed by atoms with Crippen LogP contribution < -0.4 is 10.5 Å². The van der Waals surface area contributed by atoms with Gasteiger partial charge in [0.1, 0.15) is 0 Å². The highest BCUT2D eigenvalue weighted by atomic mass is 16.1. The van der Waals surface area contributed by atoms with Crippen molar-refractivity contribution >= 4 is 11.4 Å². The third-order valence-electron chi connectivity index (χ3n) is 4.67. The number of pyridine rings is 1. The number of aromatic nitrogens is 1. The summed E-state index contributed by atoms with van der Waals surface area (Å²) < 4.78 is 1.69. The summed E-state index contributed by atoms with van der Waals surface area (Å²) in [6.07, 6.45) is 1.82. The lowest BCUT2D eigenvalue weighted by Crippen LogP contribution is -2.26. The Hall–Kier alpha value is -2.85. The van der Waals surface area contributed by atoms with Gasteiger partial charge in [-0.05, 0) is 49.0 Å². The first-order valence-corrected chi connectivity index (χ1v) is 8.54. The summed E-state index contributed by atoms with van der Waals surface area (Å²) in [5, 5.41) is 0. The number of fused-ring (bicyclic) bond motifs is 1. The lowest BCUT2D eigenvalue weighted by Gasteiger charge is -2.25. The molecule has 0 saturated carbocycles. The Kier molecular flexibility index (Phi) is 4.12. The predicted octanol–water partition coefficient (Wildman–Crippen LogP) is 3.42. The van der Waals surface area contributed by atoms with Crippen molar-refractivity contribution in [3.05, 3.63) is 88.8 Å². The fraction of sp³-hybridized carbons (Fsp3) is 0.190. The normalized spacial score (nSPS) is 14.8. The van der Waals surface area contributed by atoms with Gasteiger partial charge in [0.2, 0.25) is 0 Å². The quantitative estimate of drug-likeness (QED) is 0.720. The number of hydrogen-bond acceptors (Lipinski definition) is 3. The molecular weight excluding hydrogens is 310 g/mol. The monoisotopic (exact) mass is 331 g/mol. The zero-order valence-electron chi connectivity index (χ0n) is 14.3. The Morgan fingerprint density at radius 3 is 2.44 bits per heavy atom. The van der Waals surface area contributed by atoms with Gasteiger partial charge >= 0.3 is 0 Å². The molecule has 0 spiro atoms. The van der Waals surface area contributed by atoms with Crippen LogP contribution in [0.4, 0.5) is 11.4 Å². The fourth-order valence-corrected chi connectivity index (χ4v) is 3.39. The second-order valence-corrected chi connectivity index (χ2v) is 6.45. The van der Waals surface area contributed by atoms with Gasteiger partial charge in [-0.3, -0.25) is 9.36 Å². The number of hydrogen-bond donors (Lipinski definition) is 0. The molecule has 4 heteroatoms. The number of rotatable bonds is 2. The maximum atomic E-state index is 12.1. The minimum Gasteiger partial charge on any atom is -0.340 e. The SMILES string of the molecule is CN1CCN(c2ccccc2)c2ccc(-n3ccccc3=O)cc2C1. The minimum atomic E-state index is -0.00987. The molecule has 0 unspecified atom stereocenters. The first-order chi connectivity index (χ1) is 12.2. The first-order valence-electron chi connectivity index (χ1n) is 8.54. The maximum absolute atomic E-state index is 12.1. The zero-order chi connectivity index (χ0) is 17.2. The van der Waals surface area contributed by atoms with Crippen LogP contribution in [-0.2, 0) is 6.54 Å². The van der Waals surface area contributed by atoms with Crippen molar-refractivity contribution in [1.82, 2.24) is 9.47 Å². The maximum Gasteiger partial charge on any atom is 0.255 e. The highest BCUT2D eigenvalue weighted by molar-refractivity contribution is 5.68. The van der Waals surface area contributed by atoms with Crippen LogP contribution >= 0.6 is 0 Å². The number of likely N-dealkylation sites (N-methyl/N-ethyl adjacent to an activating group) is 1. The van der Waals surface area contributed by atoms with Crippen molar-refractivity contribution in [2.75, 3.05) is 25.0 Å². The molecule has 0 bridgehead atoms. The van der Waals surface area contributed by atoms with E-state index in [1.165, 1.54) is 16.9 Å². The van der Waals surface area contributed by atoms with Crippen LogP contribution in [0.2, 0.25) is 0 Å². The van der Waals surface area contributed by atoms with Gasteiger partial charge < -0.3 is 9.80 Å². The van der Waals surface area contributed by atoms with Crippen molar-refractivity contribution in [1.29, 1.82) is 0 Å². The topological polar surface area (TPSA) is 28.5 Å². The molecule has 0 N–H and O–H groups in total. The van der Waals surface area contributed by atoms with E-state index in [2.05, 4.69) is 53.2 Å². The van der Waals surface area contributed by atoms with Gasteiger partial charge in [0.25, 0.3) is 5.56 Å². The second kappa shape index (κ2) is 6.57. The third kappa shape index (κ3) is 3.08. The number of para-hydroxylation sites is 1. The molecule has 25 heavy (non-hydrogen) atoms. The molecule has 2 aromatic carbocycles. The lowest BCUT2D eigenvalue weighted by atomic mass is 10.1. The van der Waals surface area contributed by atoms with E-state index in [0.29, 0.717) is 0 Å². The van der Waals surface area contributed by atoms with E-state index in [4.69, 9.17) is 0 Å². The van der Waals surface area contributed by atoms with Gasteiger partial charge in [-0.25, -0.2) is 0 Å². The molecule has 1 aromatic heterocycles. The molecule has 0 saturated heterocycles. The minimum absolute atomic E-state index is 0.00987. The van der Waals surface area contributed by atoms with E-state index in [1.54, 1.807) is 16.7 Å². The summed E-state index contributed by atoms with van der Waals surface area (Å²) >= 11 is 0. The van der Waals surface area contributed by atoms with E-state index in [9.17, 15) is 4.79 Å². The lowest BCUT2D eigenvalue weighted by molar-refractivity contribution is 0.343. The highest BCUT2D eigenvalue weighted by Crippen LogP contribution is 2.32. The molecule has 2 heterocycles. The van der Waals surface area contributed by atoms with Gasteiger partial charge in [-0.2, -0.15) is 0 Å². The Morgan fingerprint density at radius 2 is 1.64 bits per heavy atom. The van der Waals surface area contributed by atoms with Gasteiger partial charge in [-0.15, -0.1) is 0 Å². The average molecular weight is 331 g/mol. The molecule has 0 fully saturated rings. The molecular formula is C21H21N3O. The first kappa shape index (κ1) is 15.7. The van der Waals surface area contributed by atoms with E-state index in [1.807, 2.05) is 24.4 Å². The molecule has 1 aliphatic heterocycles. The van der Waals surface area contributed by atoms with E-state index in [-0.39, 0.29) is 5.56 Å². The molecule has 0 atom stereocenters. The van der Waals surface area contributed by atoms with Crippen molar-refractivity contribution in [2.24, 2.45) is 0 Å². The Bertz CT molecular complexity index is 933. The molecule has 4 nitrogen and oxygen atoms in total. The molecule has 1 aliphatic rings. The van der Waals surface area contributed by atoms with Crippen LogP contribution in [0.1, 0.15) is 5.56 Å². The molecule has 4 rings (SSSR count). The largest absolute Gasteiger partial charge is 0.340 e. The molecule has 0 radical (unpaired) electrons. The van der Waals surface area contributed by atoms with E-state index in [0.717, 1.165) is 25.3 Å². The Balaban J connectivity index is 1.82. The Labute approximate surface area is 147 Å². The Morgan fingerprint density at radius 1 is 0.840 bits per heavy atom. The van der Waals surface area contributed by atoms with Gasteiger partial charge in [0.05, 0.1) is 0 Å². The summed E-state index contributed by atoms with van der Waals surface area (Å²) in [5.41, 5.74) is 4.54. The van der Waals surface area contributed by atoms with Crippen molar-refractivity contribution in [2.45, 2.75) is 6.54 Å². The highest BCUT2D eigenvalue weighted by Gasteiger charge is 2.19. The smallest absolute Gasteiger partial charge is 0.255 e. The molecule has 126 valence electrons. The van der Waals surface area contributed by atoms with Crippen LogP contribution in [0.25, 0.3) is 5.69 Å². The van der Waals surface area contributed by atoms with Gasteiger partial charge in [0, 0.05) is 49.0 Å². The van der Waals surface area contributed by atoms with Crippen LogP contribution in [0.15, 0.2) is 77.7 Å². The standard InChI is InChI=1S/C21H21N3O/c1-22-13-14-23(18-7-3-2-4-8-18)20-11-10-19(15-17(20)16-22)24-12-6-5-9-21(24)25/h2-12,15H,13-14,16H2,1H3. The number of benzene rings is 2. The zero-order valence-corrected chi connectivity index (χ0v) is 14.3. The number of anilines is 2. The van der Waals surface area contributed by atoms with Gasteiger partial charge in [-0.1, -0.05) is 24.3 Å². The summed E-state index contributed by atoms with van der Waals surface area (Å²) in [4.78, 5) is 16.8. The van der Waals surface area contributed by atoms with Crippen molar-refractivity contribution < 1.29 is 0 Å². The van der Waals surface area contributed by atoms with Gasteiger partial charge in [0.15, 0.2) is 0 Å². The predicted molar refractivity (Wildman–Crippen MR) is 102 cm³/mol. The van der Waals surface area contributed by atoms with E-state index < -0.39 is 0 Å². The summed E-state index contributed by atoms with van der Waals surface area (Å²) in [6.45, 7) is 2.80. The molecule has 3 aromatic rings. The van der Waals surface area contributed by atoms with Crippen molar-refractivity contribution in [3.8, 4) is 5.69 Å². The van der Waals surface area contributed by atoms with Crippen LogP contribution in [-0.4, -0.2) is 29.6 Å². The summed E-state index contributed by atoms with van der Waals surface area (Å²) in [6, 6.07) is 22.0. The van der Waals surface area contributed by atoms with Crippen LogP contribution in [0, 0.1) is 0 Å². The van der Waals surface area contributed by atoms with Crippen LogP contribution in [0.3, 0.4) is 0 Å². The van der Waals surface area contributed by atoms with Crippen molar-refractivity contribution in [3.63, 3.8) is 0 Å². The second-order valence-electron chi connectivity index (χ2n) is 6.45. The average Bonchev–Trinajstić information content (AvgIpc) is 2.80.